The van der Waals surface area contributed by atoms with Crippen LogP contribution in [0.2, 0.25) is 0 Å². The Morgan fingerprint density at radius 3 is 2.00 bits per heavy atom. The fourth-order valence-electron chi connectivity index (χ4n) is 6.23. The highest BCUT2D eigenvalue weighted by Crippen LogP contribution is 2.33. The molecular weight excluding hydrogens is 497 g/mol. The summed E-state index contributed by atoms with van der Waals surface area (Å²) >= 11 is 0. The van der Waals surface area contributed by atoms with Gasteiger partial charge in [-0.25, -0.2) is 9.37 Å². The number of nitrogens with zero attached hydrogens (tertiary/aromatic N) is 3. The fraction of sp³-hybridized carbons (Fsp3) is 0.600. The highest BCUT2D eigenvalue weighted by Gasteiger charge is 2.34. The standard InChI is InChI=1S/C35H50FN3O/c1-2-3-4-5-6-7-8-9-10-11-12-13-14-15-16-19-25-38-33-24-18-17-23-32(33)37-35(38)29-26-34(40)39(28-29)31-22-20-21-30(36)27-31/h17-18,20-24,27,29H,2-16,19,25-26,28H2,1H3. The zero-order chi connectivity index (χ0) is 28.0. The summed E-state index contributed by atoms with van der Waals surface area (Å²) in [4.78, 5) is 19.6. The van der Waals surface area contributed by atoms with Gasteiger partial charge in [0, 0.05) is 31.1 Å². The van der Waals surface area contributed by atoms with Gasteiger partial charge >= 0.3 is 0 Å². The average molecular weight is 548 g/mol. The van der Waals surface area contributed by atoms with E-state index in [9.17, 15) is 9.18 Å². The Bertz CT molecular complexity index is 1170. The lowest BCUT2D eigenvalue weighted by Crippen LogP contribution is -2.24. The molecule has 5 heteroatoms. The Labute approximate surface area is 241 Å². The summed E-state index contributed by atoms with van der Waals surface area (Å²) in [6.45, 7) is 3.76. The van der Waals surface area contributed by atoms with E-state index in [0.717, 1.165) is 29.8 Å². The number of rotatable bonds is 19. The summed E-state index contributed by atoms with van der Waals surface area (Å²) in [5.74, 6) is 0.736. The Balaban J connectivity index is 1.16. The molecule has 0 aliphatic carbocycles. The van der Waals surface area contributed by atoms with Crippen molar-refractivity contribution in [3.05, 3.63) is 60.2 Å². The first-order chi connectivity index (χ1) is 19.7. The number of unbranched alkanes of at least 4 members (excludes halogenated alkanes) is 15. The van der Waals surface area contributed by atoms with E-state index in [1.165, 1.54) is 108 Å². The topological polar surface area (TPSA) is 38.1 Å². The molecule has 0 spiro atoms. The van der Waals surface area contributed by atoms with Crippen LogP contribution in [0, 0.1) is 5.82 Å². The fourth-order valence-corrected chi connectivity index (χ4v) is 6.23. The molecule has 4 nitrogen and oxygen atoms in total. The second kappa shape index (κ2) is 16.5. The largest absolute Gasteiger partial charge is 0.328 e. The zero-order valence-electron chi connectivity index (χ0n) is 24.8. The van der Waals surface area contributed by atoms with Crippen molar-refractivity contribution in [3.8, 4) is 0 Å². The minimum Gasteiger partial charge on any atom is -0.328 e. The molecule has 0 radical (unpaired) electrons. The van der Waals surface area contributed by atoms with Crippen molar-refractivity contribution >= 4 is 22.6 Å². The Hall–Kier alpha value is -2.69. The number of hydrogen-bond donors (Lipinski definition) is 0. The van der Waals surface area contributed by atoms with Crippen molar-refractivity contribution in [1.82, 2.24) is 9.55 Å². The zero-order valence-corrected chi connectivity index (χ0v) is 24.8. The summed E-state index contributed by atoms with van der Waals surface area (Å²) < 4.78 is 16.1. The van der Waals surface area contributed by atoms with E-state index in [2.05, 4.69) is 29.7 Å². The molecule has 1 fully saturated rings. The first-order valence-corrected chi connectivity index (χ1v) is 16.2. The molecule has 0 N–H and O–H groups in total. The van der Waals surface area contributed by atoms with Gasteiger partial charge in [-0.05, 0) is 36.8 Å². The van der Waals surface area contributed by atoms with Gasteiger partial charge < -0.3 is 9.47 Å². The molecule has 4 rings (SSSR count). The summed E-state index contributed by atoms with van der Waals surface area (Å²) in [5, 5.41) is 0. The molecule has 1 aromatic heterocycles. The molecule has 1 aliphatic rings. The molecule has 1 amide bonds. The predicted octanol–water partition coefficient (Wildman–Crippen LogP) is 9.96. The third kappa shape index (κ3) is 8.91. The van der Waals surface area contributed by atoms with Crippen LogP contribution >= 0.6 is 0 Å². The molecular formula is C35H50FN3O. The number of amides is 1. The van der Waals surface area contributed by atoms with E-state index >= 15 is 0 Å². The van der Waals surface area contributed by atoms with Crippen LogP contribution < -0.4 is 4.90 Å². The van der Waals surface area contributed by atoms with Gasteiger partial charge in [-0.15, -0.1) is 0 Å². The lowest BCUT2D eigenvalue weighted by atomic mass is 10.0. The number of benzene rings is 2. The number of aryl methyl sites for hydroxylation is 1. The van der Waals surface area contributed by atoms with Gasteiger partial charge in [0.2, 0.25) is 5.91 Å². The quantitative estimate of drug-likeness (QED) is 0.140. The number of para-hydroxylation sites is 2. The van der Waals surface area contributed by atoms with Crippen LogP contribution in [0.25, 0.3) is 11.0 Å². The highest BCUT2D eigenvalue weighted by atomic mass is 19.1. The van der Waals surface area contributed by atoms with Gasteiger partial charge in [0.15, 0.2) is 0 Å². The maximum Gasteiger partial charge on any atom is 0.227 e. The predicted molar refractivity (Wildman–Crippen MR) is 165 cm³/mol. The van der Waals surface area contributed by atoms with E-state index in [0.29, 0.717) is 18.7 Å². The third-order valence-corrected chi connectivity index (χ3v) is 8.53. The smallest absolute Gasteiger partial charge is 0.227 e. The maximum atomic E-state index is 13.8. The average Bonchev–Trinajstić information content (AvgIpc) is 3.53. The van der Waals surface area contributed by atoms with E-state index in [-0.39, 0.29) is 17.6 Å². The Kier molecular flexibility index (Phi) is 12.5. The molecule has 218 valence electrons. The van der Waals surface area contributed by atoms with E-state index < -0.39 is 0 Å². The number of carbonyl (C=O) groups is 1. The van der Waals surface area contributed by atoms with Crippen LogP contribution in [0.3, 0.4) is 0 Å². The van der Waals surface area contributed by atoms with Crippen LogP contribution in [0.15, 0.2) is 48.5 Å². The Morgan fingerprint density at radius 2 is 1.38 bits per heavy atom. The molecule has 0 saturated carbocycles. The SMILES string of the molecule is CCCCCCCCCCCCCCCCCCn1c(C2CC(=O)N(c3cccc(F)c3)C2)nc2ccccc21. The van der Waals surface area contributed by atoms with Crippen molar-refractivity contribution in [2.24, 2.45) is 0 Å². The van der Waals surface area contributed by atoms with Gasteiger partial charge in [-0.2, -0.15) is 0 Å². The van der Waals surface area contributed by atoms with Crippen LogP contribution in [0.5, 0.6) is 0 Å². The monoisotopic (exact) mass is 547 g/mol. The minimum absolute atomic E-state index is 0.0178. The lowest BCUT2D eigenvalue weighted by Gasteiger charge is -2.17. The van der Waals surface area contributed by atoms with Crippen LogP contribution in [0.1, 0.15) is 128 Å². The Morgan fingerprint density at radius 1 is 0.775 bits per heavy atom. The molecule has 1 unspecified atom stereocenters. The van der Waals surface area contributed by atoms with Gasteiger partial charge in [-0.1, -0.05) is 121 Å². The van der Waals surface area contributed by atoms with E-state index in [4.69, 9.17) is 4.98 Å². The van der Waals surface area contributed by atoms with Gasteiger partial charge in [-0.3, -0.25) is 4.79 Å². The summed E-state index contributed by atoms with van der Waals surface area (Å²) in [7, 11) is 0. The first-order valence-electron chi connectivity index (χ1n) is 16.2. The molecule has 2 aromatic carbocycles. The summed E-state index contributed by atoms with van der Waals surface area (Å²) in [5.41, 5.74) is 2.77. The lowest BCUT2D eigenvalue weighted by molar-refractivity contribution is -0.117. The molecule has 0 bridgehead atoms. The molecule has 1 atom stereocenters. The third-order valence-electron chi connectivity index (χ3n) is 8.53. The van der Waals surface area contributed by atoms with Gasteiger partial charge in [0.05, 0.1) is 11.0 Å². The number of aromatic nitrogens is 2. The highest BCUT2D eigenvalue weighted by molar-refractivity contribution is 5.96. The van der Waals surface area contributed by atoms with Crippen molar-refractivity contribution in [2.75, 3.05) is 11.4 Å². The minimum atomic E-state index is -0.315. The maximum absolute atomic E-state index is 13.8. The van der Waals surface area contributed by atoms with Crippen LogP contribution in [-0.4, -0.2) is 22.0 Å². The van der Waals surface area contributed by atoms with Crippen molar-refractivity contribution in [3.63, 3.8) is 0 Å². The number of carbonyl (C=O) groups excluding carboxylic acids is 1. The molecule has 40 heavy (non-hydrogen) atoms. The van der Waals surface area contributed by atoms with Gasteiger partial charge in [0.1, 0.15) is 11.6 Å². The number of hydrogen-bond acceptors (Lipinski definition) is 2. The number of imidazole rings is 1. The first kappa shape index (κ1) is 30.3. The normalized spacial score (nSPS) is 15.5. The van der Waals surface area contributed by atoms with Gasteiger partial charge in [0.25, 0.3) is 0 Å². The summed E-state index contributed by atoms with van der Waals surface area (Å²) in [6.07, 6.45) is 22.2. The number of halogens is 1. The second-order valence-corrected chi connectivity index (χ2v) is 11.8. The molecule has 2 heterocycles. The van der Waals surface area contributed by atoms with E-state index in [1.54, 1.807) is 11.0 Å². The number of fused-ring (bicyclic) bond motifs is 1. The molecule has 1 aliphatic heterocycles. The van der Waals surface area contributed by atoms with Crippen molar-refractivity contribution in [1.29, 1.82) is 0 Å². The summed E-state index contributed by atoms with van der Waals surface area (Å²) in [6, 6.07) is 14.6. The van der Waals surface area contributed by atoms with Crippen molar-refractivity contribution < 1.29 is 9.18 Å². The van der Waals surface area contributed by atoms with E-state index in [1.807, 2.05) is 12.1 Å². The van der Waals surface area contributed by atoms with Crippen LogP contribution in [-0.2, 0) is 11.3 Å². The molecule has 1 saturated heterocycles. The van der Waals surface area contributed by atoms with Crippen molar-refractivity contribution in [2.45, 2.75) is 129 Å². The van der Waals surface area contributed by atoms with Crippen LogP contribution in [0.4, 0.5) is 10.1 Å². The molecule has 3 aromatic rings. The number of anilines is 1. The second-order valence-electron chi connectivity index (χ2n) is 11.8.